The van der Waals surface area contributed by atoms with E-state index >= 15 is 0 Å². The second-order valence-corrected chi connectivity index (χ2v) is 5.82. The second-order valence-electron chi connectivity index (χ2n) is 5.82. The zero-order valence-electron chi connectivity index (χ0n) is 13.6. The first kappa shape index (κ1) is 17.7. The number of hydrogen-bond acceptors (Lipinski definition) is 3. The highest BCUT2D eigenvalue weighted by atomic mass is 16.5. The Hall–Kier alpha value is -1.32. The van der Waals surface area contributed by atoms with Crippen LogP contribution in [-0.2, 0) is 11.3 Å². The highest BCUT2D eigenvalue weighted by Gasteiger charge is 2.26. The molecule has 0 unspecified atom stereocenters. The number of hydrogen-bond donors (Lipinski definition) is 1. The average Bonchev–Trinajstić information content (AvgIpc) is 2.47. The van der Waals surface area contributed by atoms with Crippen molar-refractivity contribution in [3.05, 3.63) is 42.5 Å². The van der Waals surface area contributed by atoms with Crippen molar-refractivity contribution in [1.29, 1.82) is 0 Å². The van der Waals surface area contributed by atoms with Gasteiger partial charge in [-0.1, -0.05) is 39.0 Å². The fourth-order valence-electron chi connectivity index (χ4n) is 2.47. The lowest BCUT2D eigenvalue weighted by molar-refractivity contribution is -0.0603. The maximum absolute atomic E-state index is 10.1. The molecule has 0 heterocycles. The Kier molecular flexibility index (Phi) is 7.48. The minimum atomic E-state index is -0.411. The van der Waals surface area contributed by atoms with Crippen molar-refractivity contribution < 1.29 is 14.6 Å². The molecular weight excluding hydrogens is 264 g/mol. The van der Waals surface area contributed by atoms with Crippen molar-refractivity contribution in [2.45, 2.75) is 46.0 Å². The molecule has 1 aromatic rings. The molecule has 0 amide bonds. The molecule has 0 radical (unpaired) electrons. The van der Waals surface area contributed by atoms with Crippen molar-refractivity contribution in [3.8, 4) is 5.75 Å². The number of aliphatic hydroxyl groups excluding tert-OH is 1. The maximum atomic E-state index is 10.1. The van der Waals surface area contributed by atoms with Gasteiger partial charge < -0.3 is 14.6 Å². The molecule has 0 aromatic heterocycles. The Morgan fingerprint density at radius 2 is 1.81 bits per heavy atom. The molecule has 0 saturated heterocycles. The van der Waals surface area contributed by atoms with Gasteiger partial charge in [0.15, 0.2) is 0 Å². The van der Waals surface area contributed by atoms with Crippen LogP contribution in [0.3, 0.4) is 0 Å². The van der Waals surface area contributed by atoms with Crippen LogP contribution in [-0.4, -0.2) is 24.4 Å². The zero-order valence-corrected chi connectivity index (χ0v) is 13.6. The molecule has 3 heteroatoms. The van der Waals surface area contributed by atoms with Crippen molar-refractivity contribution >= 4 is 0 Å². The van der Waals surface area contributed by atoms with Crippen molar-refractivity contribution in [2.75, 3.05) is 7.11 Å². The molecular formula is C18H28O3. The van der Waals surface area contributed by atoms with E-state index in [2.05, 4.69) is 20.4 Å². The SMILES string of the molecule is C=CC[C@H](O)[C@H](C)[C@H](OCc1ccc(OC)cc1)C(C)C. The van der Waals surface area contributed by atoms with E-state index in [0.29, 0.717) is 18.9 Å². The van der Waals surface area contributed by atoms with E-state index in [0.717, 1.165) is 11.3 Å². The van der Waals surface area contributed by atoms with Crippen LogP contribution in [0.25, 0.3) is 0 Å². The highest BCUT2D eigenvalue weighted by molar-refractivity contribution is 5.26. The summed E-state index contributed by atoms with van der Waals surface area (Å²) in [5.41, 5.74) is 1.10. The Balaban J connectivity index is 2.63. The Morgan fingerprint density at radius 3 is 2.29 bits per heavy atom. The summed E-state index contributed by atoms with van der Waals surface area (Å²) in [6.07, 6.45) is 1.95. The van der Waals surface area contributed by atoms with Crippen LogP contribution in [0.5, 0.6) is 5.75 Å². The molecule has 1 rings (SSSR count). The van der Waals surface area contributed by atoms with Gasteiger partial charge in [-0.2, -0.15) is 0 Å². The van der Waals surface area contributed by atoms with Gasteiger partial charge in [0.2, 0.25) is 0 Å². The summed E-state index contributed by atoms with van der Waals surface area (Å²) in [5, 5.41) is 10.1. The standard InChI is InChI=1S/C18H28O3/c1-6-7-17(19)14(4)18(13(2)3)21-12-15-8-10-16(20-5)11-9-15/h6,8-11,13-14,17-19H,1,7,12H2,2-5H3/t14-,17-,18+/m0/s1. The van der Waals surface area contributed by atoms with E-state index in [-0.39, 0.29) is 12.0 Å². The summed E-state index contributed by atoms with van der Waals surface area (Å²) in [6.45, 7) is 10.5. The zero-order chi connectivity index (χ0) is 15.8. The number of rotatable bonds is 9. The van der Waals surface area contributed by atoms with E-state index < -0.39 is 6.10 Å². The molecule has 0 aliphatic heterocycles. The molecule has 0 bridgehead atoms. The van der Waals surface area contributed by atoms with Gasteiger partial charge in [-0.05, 0) is 30.0 Å². The van der Waals surface area contributed by atoms with Crippen LogP contribution in [0, 0.1) is 11.8 Å². The van der Waals surface area contributed by atoms with E-state index in [9.17, 15) is 5.11 Å². The summed E-state index contributed by atoms with van der Waals surface area (Å²) < 4.78 is 11.2. The number of ether oxygens (including phenoxy) is 2. The van der Waals surface area contributed by atoms with Crippen LogP contribution in [0.15, 0.2) is 36.9 Å². The Bertz CT molecular complexity index is 411. The molecule has 3 atom stereocenters. The summed E-state index contributed by atoms with van der Waals surface area (Å²) >= 11 is 0. The van der Waals surface area contributed by atoms with Crippen molar-refractivity contribution in [1.82, 2.24) is 0 Å². The lowest BCUT2D eigenvalue weighted by atomic mass is 9.89. The fourth-order valence-corrected chi connectivity index (χ4v) is 2.47. The number of aliphatic hydroxyl groups is 1. The third-order valence-electron chi connectivity index (χ3n) is 3.79. The predicted octanol–water partition coefficient (Wildman–Crippen LogP) is 3.81. The monoisotopic (exact) mass is 292 g/mol. The van der Waals surface area contributed by atoms with Gasteiger partial charge in [0, 0.05) is 5.92 Å². The summed E-state index contributed by atoms with van der Waals surface area (Å²) in [4.78, 5) is 0. The third-order valence-corrected chi connectivity index (χ3v) is 3.79. The quantitative estimate of drug-likeness (QED) is 0.703. The summed E-state index contributed by atoms with van der Waals surface area (Å²) in [5.74, 6) is 1.26. The van der Waals surface area contributed by atoms with Gasteiger partial charge in [-0.3, -0.25) is 0 Å². The van der Waals surface area contributed by atoms with E-state index in [1.165, 1.54) is 0 Å². The molecule has 118 valence electrons. The van der Waals surface area contributed by atoms with E-state index in [4.69, 9.17) is 9.47 Å². The van der Waals surface area contributed by atoms with Crippen LogP contribution in [0.4, 0.5) is 0 Å². The third kappa shape index (κ3) is 5.52. The molecule has 3 nitrogen and oxygen atoms in total. The summed E-state index contributed by atoms with van der Waals surface area (Å²) in [6, 6.07) is 7.86. The number of methoxy groups -OCH3 is 1. The van der Waals surface area contributed by atoms with Crippen LogP contribution in [0.2, 0.25) is 0 Å². The molecule has 0 fully saturated rings. The first-order valence-electron chi connectivity index (χ1n) is 7.53. The highest BCUT2D eigenvalue weighted by Crippen LogP contribution is 2.23. The minimum Gasteiger partial charge on any atom is -0.497 e. The van der Waals surface area contributed by atoms with Gasteiger partial charge in [0.05, 0.1) is 25.9 Å². The predicted molar refractivity (Wildman–Crippen MR) is 86.4 cm³/mol. The minimum absolute atomic E-state index is 0.0158. The van der Waals surface area contributed by atoms with E-state index in [1.807, 2.05) is 31.2 Å². The molecule has 0 saturated carbocycles. The normalized spacial score (nSPS) is 15.5. The topological polar surface area (TPSA) is 38.7 Å². The van der Waals surface area contributed by atoms with Crippen LogP contribution in [0.1, 0.15) is 32.8 Å². The number of benzene rings is 1. The maximum Gasteiger partial charge on any atom is 0.118 e. The van der Waals surface area contributed by atoms with E-state index in [1.54, 1.807) is 13.2 Å². The molecule has 0 spiro atoms. The van der Waals surface area contributed by atoms with Gasteiger partial charge in [-0.15, -0.1) is 6.58 Å². The van der Waals surface area contributed by atoms with Crippen molar-refractivity contribution in [2.24, 2.45) is 11.8 Å². The second kappa shape index (κ2) is 8.85. The summed E-state index contributed by atoms with van der Waals surface area (Å²) in [7, 11) is 1.66. The van der Waals surface area contributed by atoms with Crippen LogP contribution >= 0.6 is 0 Å². The lowest BCUT2D eigenvalue weighted by Crippen LogP contribution is -2.35. The van der Waals surface area contributed by atoms with Gasteiger partial charge in [0.25, 0.3) is 0 Å². The Labute approximate surface area is 128 Å². The Morgan fingerprint density at radius 1 is 1.19 bits per heavy atom. The molecule has 0 aliphatic carbocycles. The molecule has 1 aromatic carbocycles. The molecule has 1 N–H and O–H groups in total. The fraction of sp³-hybridized carbons (Fsp3) is 0.556. The first-order chi connectivity index (χ1) is 9.99. The van der Waals surface area contributed by atoms with Gasteiger partial charge in [-0.25, -0.2) is 0 Å². The van der Waals surface area contributed by atoms with Gasteiger partial charge >= 0.3 is 0 Å². The average molecular weight is 292 g/mol. The molecule has 21 heavy (non-hydrogen) atoms. The largest absolute Gasteiger partial charge is 0.497 e. The first-order valence-corrected chi connectivity index (χ1v) is 7.53. The smallest absolute Gasteiger partial charge is 0.118 e. The van der Waals surface area contributed by atoms with Crippen LogP contribution < -0.4 is 4.74 Å². The lowest BCUT2D eigenvalue weighted by Gasteiger charge is -2.30. The van der Waals surface area contributed by atoms with Gasteiger partial charge in [0.1, 0.15) is 5.75 Å². The molecule has 0 aliphatic rings. The van der Waals surface area contributed by atoms with Crippen molar-refractivity contribution in [3.63, 3.8) is 0 Å².